The molecule has 7 aromatic carbocycles. The average molecular weight is 1410 g/mol. The number of carbonyl (C=O) groups excluding carboxylic acids is 5. The van der Waals surface area contributed by atoms with Gasteiger partial charge in [0.15, 0.2) is 0 Å². The largest absolute Gasteiger partial charge is 0.446 e. The summed E-state index contributed by atoms with van der Waals surface area (Å²) < 4.78 is 121. The van der Waals surface area contributed by atoms with Crippen molar-refractivity contribution >= 4 is 35.5 Å². The number of benzene rings is 7. The summed E-state index contributed by atoms with van der Waals surface area (Å²) in [6, 6.07) is 47.0. The maximum atomic E-state index is 14.2. The number of para-hydroxylation sites is 1. The number of halogens is 7. The summed E-state index contributed by atoms with van der Waals surface area (Å²) >= 11 is 0. The van der Waals surface area contributed by atoms with Gasteiger partial charge in [0.25, 0.3) is 11.8 Å². The fraction of sp³-hybridized carbons (Fsp3) is 0.405. The van der Waals surface area contributed by atoms with Gasteiger partial charge in [-0.15, -0.1) is 0 Å². The van der Waals surface area contributed by atoms with Gasteiger partial charge in [-0.2, -0.15) is 26.3 Å². The van der Waals surface area contributed by atoms with E-state index < -0.39 is 59.2 Å². The van der Waals surface area contributed by atoms with Gasteiger partial charge in [0.2, 0.25) is 5.91 Å². The Morgan fingerprint density at radius 1 is 0.647 bits per heavy atom. The Bertz CT molecular complexity index is 3970. The van der Waals surface area contributed by atoms with Crippen LogP contribution in [0.2, 0.25) is 0 Å². The smallest absolute Gasteiger partial charge is 0.416 e. The number of likely N-dealkylation sites (N-methyl/N-ethyl adjacent to an activating group) is 2. The number of hydrogen-bond acceptors (Lipinski definition) is 12. The van der Waals surface area contributed by atoms with Crippen LogP contribution in [-0.4, -0.2) is 153 Å². The molecule has 1 aliphatic carbocycles. The minimum absolute atomic E-state index is 0.0273. The molecule has 3 saturated heterocycles. The SMILES string of the molecule is CN(CCCCCCC(=O)Oc1ccc(CNCc2ccc(C(=O)N(C)CCN3CCC(OC(=O)Nc4ccccc4-c4ccccc4)CC3)cc2)cc1)C(=O)CO[C@H]1Cc2ccccc2C12CCN(CC[C@]1(c3ccc(F)cc3)CN(C(=O)c3cc(C(F)(F)F)cc(C(F)(F)F)c3)CO1)CC2. The lowest BCUT2D eigenvalue weighted by molar-refractivity contribution is -0.143. The molecular weight excluding hydrogens is 1320 g/mol. The molecule has 0 bridgehead atoms. The number of likely N-dealkylation sites (tertiary alicyclic amines) is 2. The van der Waals surface area contributed by atoms with Crippen LogP contribution in [0.5, 0.6) is 5.75 Å². The molecule has 0 saturated carbocycles. The van der Waals surface area contributed by atoms with E-state index in [0.29, 0.717) is 126 Å². The number of piperidine rings is 2. The molecule has 2 N–H and O–H groups in total. The van der Waals surface area contributed by atoms with Crippen LogP contribution in [0.4, 0.5) is 41.2 Å². The molecule has 3 heterocycles. The van der Waals surface area contributed by atoms with E-state index in [1.54, 1.807) is 29.0 Å². The van der Waals surface area contributed by atoms with E-state index in [0.717, 1.165) is 65.1 Å². The highest BCUT2D eigenvalue weighted by atomic mass is 19.4. The third-order valence-electron chi connectivity index (χ3n) is 20.2. The van der Waals surface area contributed by atoms with Crippen molar-refractivity contribution in [2.75, 3.05) is 91.7 Å². The molecule has 0 radical (unpaired) electrons. The minimum atomic E-state index is -5.15. The standard InChI is InChI=1S/C79H86F7N7O9/c1-89(71(94)52-99-70-48-59-16-9-11-18-68(59)76(70)35-41-92(42-36-76)43-37-77(61-27-29-64(80)30-28-61)53-93(54-100-77)74(97)60-46-62(78(81,82)83)49-63(47-60)79(84,85)86)38-13-4-3-8-20-72(95)101-65-31-23-56(24-32-65)51-87-50-55-21-25-58(26-22-55)73(96)90(2)44-45-91-39-33-66(34-40-91)102-75(98)88-69-19-12-10-17-67(69)57-14-6-5-7-15-57/h5-7,9-12,14-19,21-32,46-47,49,66,70,87H,3-4,8,13,20,33-45,48,50-54H2,1-2H3,(H,88,98)/t70-,77+/m0/s1. The zero-order chi connectivity index (χ0) is 72.0. The van der Waals surface area contributed by atoms with Crippen LogP contribution in [0.1, 0.15) is 124 Å². The van der Waals surface area contributed by atoms with Crippen LogP contribution >= 0.6 is 0 Å². The van der Waals surface area contributed by atoms with Crippen molar-refractivity contribution in [3.63, 3.8) is 0 Å². The van der Waals surface area contributed by atoms with Gasteiger partial charge in [-0.05, 0) is 159 Å². The monoisotopic (exact) mass is 1410 g/mol. The van der Waals surface area contributed by atoms with Gasteiger partial charge < -0.3 is 48.8 Å². The second-order valence-electron chi connectivity index (χ2n) is 27.1. The molecule has 3 aliphatic heterocycles. The number of carbonyl (C=O) groups is 5. The van der Waals surface area contributed by atoms with E-state index in [1.807, 2.05) is 110 Å². The summed E-state index contributed by atoms with van der Waals surface area (Å²) in [6.45, 7) is 5.41. The molecule has 540 valence electrons. The summed E-state index contributed by atoms with van der Waals surface area (Å²) in [5.74, 6) is -1.66. The summed E-state index contributed by atoms with van der Waals surface area (Å²) in [5.41, 5.74) is 2.46. The van der Waals surface area contributed by atoms with Gasteiger partial charge in [0.1, 0.15) is 36.6 Å². The van der Waals surface area contributed by atoms with Crippen molar-refractivity contribution in [2.45, 2.75) is 119 Å². The molecule has 11 rings (SSSR count). The fourth-order valence-electron chi connectivity index (χ4n) is 14.3. The Balaban J connectivity index is 0.549. The first-order valence-corrected chi connectivity index (χ1v) is 34.9. The molecule has 2 atom stereocenters. The van der Waals surface area contributed by atoms with Crippen LogP contribution in [0, 0.1) is 5.82 Å². The number of nitrogens with zero attached hydrogens (tertiary/aromatic N) is 5. The van der Waals surface area contributed by atoms with Gasteiger partial charge in [-0.25, -0.2) is 9.18 Å². The maximum absolute atomic E-state index is 14.2. The van der Waals surface area contributed by atoms with E-state index in [9.17, 15) is 54.7 Å². The minimum Gasteiger partial charge on any atom is -0.446 e. The summed E-state index contributed by atoms with van der Waals surface area (Å²) in [4.78, 5) is 75.4. The second kappa shape index (κ2) is 33.4. The topological polar surface area (TPSA) is 163 Å². The summed E-state index contributed by atoms with van der Waals surface area (Å²) in [6.07, 6.45) is -4.33. The van der Waals surface area contributed by atoms with Gasteiger partial charge in [-0.1, -0.05) is 122 Å². The fourth-order valence-corrected chi connectivity index (χ4v) is 14.3. The third-order valence-corrected chi connectivity index (χ3v) is 20.2. The number of unbranched alkanes of at least 4 members (excludes halogenated alkanes) is 3. The molecule has 1 spiro atoms. The first-order chi connectivity index (χ1) is 49.0. The molecule has 0 aromatic heterocycles. The van der Waals surface area contributed by atoms with Crippen molar-refractivity contribution in [1.29, 1.82) is 0 Å². The number of ether oxygens (including phenoxy) is 4. The molecule has 0 unspecified atom stereocenters. The first-order valence-electron chi connectivity index (χ1n) is 34.9. The van der Waals surface area contributed by atoms with Crippen molar-refractivity contribution in [2.24, 2.45) is 0 Å². The summed E-state index contributed by atoms with van der Waals surface area (Å²) in [5, 5.41) is 6.37. The van der Waals surface area contributed by atoms with Crippen molar-refractivity contribution in [3.05, 3.63) is 226 Å². The average Bonchev–Trinajstić information content (AvgIpc) is 1.58. The van der Waals surface area contributed by atoms with Crippen LogP contribution < -0.4 is 15.4 Å². The van der Waals surface area contributed by atoms with Gasteiger partial charge in [-0.3, -0.25) is 24.5 Å². The molecule has 3 fully saturated rings. The number of esters is 1. The van der Waals surface area contributed by atoms with Gasteiger partial charge >= 0.3 is 24.4 Å². The Labute approximate surface area is 590 Å². The molecular formula is C79H86F7N7O9. The van der Waals surface area contributed by atoms with Crippen LogP contribution in [0.25, 0.3) is 11.1 Å². The lowest BCUT2D eigenvalue weighted by Gasteiger charge is -2.44. The highest BCUT2D eigenvalue weighted by Gasteiger charge is 2.50. The van der Waals surface area contributed by atoms with E-state index in [1.165, 1.54) is 29.8 Å². The van der Waals surface area contributed by atoms with Crippen molar-refractivity contribution < 1.29 is 73.7 Å². The zero-order valence-corrected chi connectivity index (χ0v) is 57.3. The number of fused-ring (bicyclic) bond motifs is 2. The number of amides is 4. The number of nitrogens with one attached hydrogen (secondary N) is 2. The van der Waals surface area contributed by atoms with E-state index >= 15 is 0 Å². The van der Waals surface area contributed by atoms with Crippen LogP contribution in [0.3, 0.4) is 0 Å². The zero-order valence-electron chi connectivity index (χ0n) is 57.3. The van der Waals surface area contributed by atoms with Crippen LogP contribution in [-0.2, 0) is 66.7 Å². The Hall–Kier alpha value is -9.00. The van der Waals surface area contributed by atoms with E-state index in [2.05, 4.69) is 32.6 Å². The van der Waals surface area contributed by atoms with Crippen molar-refractivity contribution in [3.8, 4) is 16.9 Å². The molecule has 23 heteroatoms. The molecule has 4 aliphatic rings. The molecule has 4 amide bonds. The van der Waals surface area contributed by atoms with Crippen molar-refractivity contribution in [1.82, 2.24) is 29.8 Å². The Morgan fingerprint density at radius 3 is 1.96 bits per heavy atom. The summed E-state index contributed by atoms with van der Waals surface area (Å²) in [7, 11) is 3.57. The molecule has 16 nitrogen and oxygen atoms in total. The number of hydrogen-bond donors (Lipinski definition) is 2. The third kappa shape index (κ3) is 19.0. The normalized spacial score (nSPS) is 17.9. The van der Waals surface area contributed by atoms with Gasteiger partial charge in [0.05, 0.1) is 29.5 Å². The Kier molecular flexibility index (Phi) is 24.3. The Morgan fingerprint density at radius 2 is 1.27 bits per heavy atom. The predicted octanol–water partition coefficient (Wildman–Crippen LogP) is 14.3. The lowest BCUT2D eigenvalue weighted by atomic mass is 9.72. The van der Waals surface area contributed by atoms with E-state index in [-0.39, 0.29) is 67.5 Å². The second-order valence-corrected chi connectivity index (χ2v) is 27.1. The highest BCUT2D eigenvalue weighted by molar-refractivity contribution is 5.95. The predicted molar refractivity (Wildman–Crippen MR) is 372 cm³/mol. The number of alkyl halides is 6. The quantitative estimate of drug-likeness (QED) is 0.0217. The highest BCUT2D eigenvalue weighted by Crippen LogP contribution is 2.49. The van der Waals surface area contributed by atoms with Gasteiger partial charge in [0, 0.05) is 95.0 Å². The molecule has 7 aromatic rings. The lowest BCUT2D eigenvalue weighted by Crippen LogP contribution is -2.50. The number of anilines is 1. The maximum Gasteiger partial charge on any atom is 0.416 e. The first kappa shape index (κ1) is 74.2. The number of rotatable bonds is 27. The van der Waals surface area contributed by atoms with Crippen LogP contribution in [0.15, 0.2) is 170 Å². The molecule has 102 heavy (non-hydrogen) atoms. The van der Waals surface area contributed by atoms with E-state index in [4.69, 9.17) is 18.9 Å².